The molecule has 1 atom stereocenters. The van der Waals surface area contributed by atoms with E-state index < -0.39 is 0 Å². The molecule has 6 heteroatoms. The van der Waals surface area contributed by atoms with Crippen molar-refractivity contribution in [1.29, 1.82) is 0 Å². The topological polar surface area (TPSA) is 45.5 Å². The van der Waals surface area contributed by atoms with E-state index in [1.54, 1.807) is 6.07 Å². The second-order valence-corrected chi connectivity index (χ2v) is 7.64. The summed E-state index contributed by atoms with van der Waals surface area (Å²) in [6.45, 7) is 2.10. The van der Waals surface area contributed by atoms with Crippen LogP contribution in [0.2, 0.25) is 5.02 Å². The van der Waals surface area contributed by atoms with E-state index in [0.29, 0.717) is 18.1 Å². The molecule has 0 amide bonds. The van der Waals surface area contributed by atoms with Gasteiger partial charge in [-0.3, -0.25) is 9.69 Å². The maximum atomic E-state index is 12.1. The predicted octanol–water partition coefficient (Wildman–Crippen LogP) is 2.61. The molecule has 1 unspecified atom stereocenters. The van der Waals surface area contributed by atoms with Gasteiger partial charge in [-0.25, -0.2) is 0 Å². The molecule has 2 aromatic carbocycles. The number of hydrogen-bond acceptors (Lipinski definition) is 3. The lowest BCUT2D eigenvalue weighted by Gasteiger charge is -2.39. The molecule has 135 valence electrons. The maximum Gasteiger partial charge on any atom is 0.223 e. The van der Waals surface area contributed by atoms with Crippen LogP contribution in [0.15, 0.2) is 65.6 Å². The molecule has 0 saturated carbocycles. The fraction of sp³-hybridized carbons (Fsp3) is 0.190. The maximum absolute atomic E-state index is 12.1. The lowest BCUT2D eigenvalue weighted by atomic mass is 9.98. The predicted molar refractivity (Wildman–Crippen MR) is 108 cm³/mol. The molecule has 1 aliphatic heterocycles. The zero-order valence-electron chi connectivity index (χ0n) is 14.6. The monoisotopic (exact) mass is 393 g/mol. The fourth-order valence-electron chi connectivity index (χ4n) is 3.67. The Morgan fingerprint density at radius 2 is 1.89 bits per heavy atom. The molecule has 0 saturated heterocycles. The molecule has 1 N–H and O–H groups in total. The van der Waals surface area contributed by atoms with Crippen LogP contribution in [0.4, 0.5) is 0 Å². The zero-order chi connectivity index (χ0) is 19.0. The first-order valence-electron chi connectivity index (χ1n) is 8.76. The molecule has 0 aliphatic carbocycles. The van der Waals surface area contributed by atoms with Crippen LogP contribution >= 0.6 is 11.6 Å². The molecular formula is C21H18ClN2O2Si. The average Bonchev–Trinajstić information content (AvgIpc) is 2.66. The normalized spacial score (nSPS) is 16.9. The molecular weight excluding hydrogens is 376 g/mol. The molecule has 0 bridgehead atoms. The average molecular weight is 394 g/mol. The smallest absolute Gasteiger partial charge is 0.223 e. The minimum atomic E-state index is -0.359. The summed E-state index contributed by atoms with van der Waals surface area (Å²) in [6, 6.07) is 17.3. The van der Waals surface area contributed by atoms with Crippen molar-refractivity contribution in [2.75, 3.05) is 6.54 Å². The molecule has 0 fully saturated rings. The minimum absolute atomic E-state index is 0.101. The molecule has 4 rings (SSSR count). The molecule has 3 radical (unpaired) electrons. The standard InChI is InChI=1S/C21H18ClN2O2Si/c22-16-7-4-8-20(27)15(16)12-24-10-9-23-13-19(26)18(25)11-17(23)21(24)14-5-2-1-3-6-14/h1-8,11,13,21,26H,9-10,12H2. The van der Waals surface area contributed by atoms with Crippen molar-refractivity contribution < 1.29 is 5.11 Å². The van der Waals surface area contributed by atoms with Gasteiger partial charge in [-0.05, 0) is 17.2 Å². The number of pyridine rings is 1. The Morgan fingerprint density at radius 3 is 2.63 bits per heavy atom. The number of rotatable bonds is 3. The highest BCUT2D eigenvalue weighted by molar-refractivity contribution is 6.37. The van der Waals surface area contributed by atoms with E-state index in [-0.39, 0.29) is 17.2 Å². The number of nitrogens with zero attached hydrogens (tertiary/aromatic N) is 2. The lowest BCUT2D eigenvalue weighted by molar-refractivity contribution is 0.172. The summed E-state index contributed by atoms with van der Waals surface area (Å²) in [5, 5.41) is 11.5. The number of aromatic nitrogens is 1. The van der Waals surface area contributed by atoms with Gasteiger partial charge in [-0.2, -0.15) is 0 Å². The van der Waals surface area contributed by atoms with Crippen molar-refractivity contribution in [3.63, 3.8) is 0 Å². The van der Waals surface area contributed by atoms with Crippen molar-refractivity contribution in [3.05, 3.63) is 92.9 Å². The largest absolute Gasteiger partial charge is 0.503 e. The van der Waals surface area contributed by atoms with E-state index in [2.05, 4.69) is 27.3 Å². The van der Waals surface area contributed by atoms with Gasteiger partial charge < -0.3 is 9.67 Å². The van der Waals surface area contributed by atoms with Gasteiger partial charge in [0, 0.05) is 36.4 Å². The van der Waals surface area contributed by atoms with E-state index in [1.807, 2.05) is 41.0 Å². The quantitative estimate of drug-likeness (QED) is 0.696. The Balaban J connectivity index is 1.81. The highest BCUT2D eigenvalue weighted by atomic mass is 35.5. The molecule has 3 aromatic rings. The highest BCUT2D eigenvalue weighted by Crippen LogP contribution is 2.33. The van der Waals surface area contributed by atoms with Gasteiger partial charge >= 0.3 is 0 Å². The minimum Gasteiger partial charge on any atom is -0.503 e. The van der Waals surface area contributed by atoms with Crippen LogP contribution in [0.3, 0.4) is 0 Å². The molecule has 27 heavy (non-hydrogen) atoms. The Bertz CT molecular complexity index is 1020. The van der Waals surface area contributed by atoms with Crippen LogP contribution in [0.25, 0.3) is 0 Å². The van der Waals surface area contributed by atoms with Crippen molar-refractivity contribution >= 4 is 27.0 Å². The molecule has 1 aromatic heterocycles. The van der Waals surface area contributed by atoms with E-state index in [1.165, 1.54) is 6.20 Å². The van der Waals surface area contributed by atoms with Crippen molar-refractivity contribution in [3.8, 4) is 5.75 Å². The van der Waals surface area contributed by atoms with Crippen molar-refractivity contribution in [2.24, 2.45) is 0 Å². The Morgan fingerprint density at radius 1 is 1.11 bits per heavy atom. The number of benzene rings is 2. The van der Waals surface area contributed by atoms with Crippen LogP contribution < -0.4 is 10.6 Å². The third-order valence-electron chi connectivity index (χ3n) is 5.01. The van der Waals surface area contributed by atoms with E-state index in [4.69, 9.17) is 11.6 Å². The van der Waals surface area contributed by atoms with Crippen molar-refractivity contribution in [2.45, 2.75) is 19.1 Å². The number of fused-ring (bicyclic) bond motifs is 1. The Hall–Kier alpha value is -2.34. The van der Waals surface area contributed by atoms with Crippen LogP contribution in [-0.2, 0) is 13.1 Å². The fourth-order valence-corrected chi connectivity index (χ4v) is 4.29. The second-order valence-electron chi connectivity index (χ2n) is 6.69. The van der Waals surface area contributed by atoms with Gasteiger partial charge in [0.05, 0.1) is 22.5 Å². The van der Waals surface area contributed by atoms with Crippen LogP contribution in [0.5, 0.6) is 5.75 Å². The molecule has 4 nitrogen and oxygen atoms in total. The van der Waals surface area contributed by atoms with Gasteiger partial charge in [-0.15, -0.1) is 0 Å². The van der Waals surface area contributed by atoms with Gasteiger partial charge in [0.1, 0.15) is 0 Å². The second kappa shape index (κ2) is 7.35. The summed E-state index contributed by atoms with van der Waals surface area (Å²) < 4.78 is 1.96. The van der Waals surface area contributed by atoms with Gasteiger partial charge in [0.25, 0.3) is 0 Å². The summed E-state index contributed by atoms with van der Waals surface area (Å²) in [5.74, 6) is -0.215. The van der Waals surface area contributed by atoms with Crippen LogP contribution in [0, 0.1) is 0 Å². The van der Waals surface area contributed by atoms with Gasteiger partial charge in [-0.1, -0.05) is 59.3 Å². The number of hydrogen-bond donors (Lipinski definition) is 1. The first kappa shape index (κ1) is 18.0. The Labute approximate surface area is 166 Å². The number of aromatic hydroxyl groups is 1. The molecule has 0 spiro atoms. The molecule has 1 aliphatic rings. The lowest BCUT2D eigenvalue weighted by Crippen LogP contribution is -2.40. The van der Waals surface area contributed by atoms with Crippen LogP contribution in [-0.4, -0.2) is 31.4 Å². The van der Waals surface area contributed by atoms with E-state index >= 15 is 0 Å². The summed E-state index contributed by atoms with van der Waals surface area (Å²) in [5.41, 5.74) is 2.63. The summed E-state index contributed by atoms with van der Waals surface area (Å²) in [7, 11) is 3.66. The Kier molecular flexibility index (Phi) is 4.91. The highest BCUT2D eigenvalue weighted by Gasteiger charge is 2.30. The number of halogens is 1. The van der Waals surface area contributed by atoms with E-state index in [0.717, 1.165) is 28.6 Å². The van der Waals surface area contributed by atoms with Crippen molar-refractivity contribution in [1.82, 2.24) is 9.47 Å². The summed E-state index contributed by atoms with van der Waals surface area (Å²) in [4.78, 5) is 14.4. The third kappa shape index (κ3) is 3.46. The summed E-state index contributed by atoms with van der Waals surface area (Å²) >= 11 is 6.44. The van der Waals surface area contributed by atoms with Gasteiger partial charge in [0.2, 0.25) is 5.43 Å². The first-order valence-corrected chi connectivity index (χ1v) is 9.63. The van der Waals surface area contributed by atoms with Gasteiger partial charge in [0.15, 0.2) is 5.75 Å². The zero-order valence-corrected chi connectivity index (χ0v) is 16.4. The first-order chi connectivity index (χ1) is 13.0. The summed E-state index contributed by atoms with van der Waals surface area (Å²) in [6.07, 6.45) is 1.54. The SMILES string of the molecule is O=c1cc2n(cc1O)CCN(Cc1c([Si])cccc1Cl)C2c1ccccc1. The van der Waals surface area contributed by atoms with E-state index in [9.17, 15) is 9.90 Å². The third-order valence-corrected chi connectivity index (χ3v) is 5.83. The molecule has 2 heterocycles. The van der Waals surface area contributed by atoms with Crippen LogP contribution in [0.1, 0.15) is 22.9 Å².